The molecule has 0 saturated heterocycles. The molecule has 33 heavy (non-hydrogen) atoms. The Hall–Kier alpha value is -1.66. The summed E-state index contributed by atoms with van der Waals surface area (Å²) in [6, 6.07) is 29.6. The van der Waals surface area contributed by atoms with Crippen molar-refractivity contribution in [3.8, 4) is 0 Å². The molecule has 4 aromatic rings. The maximum atomic E-state index is 3.26. The summed E-state index contributed by atoms with van der Waals surface area (Å²) in [4.78, 5) is 0. The number of hydrogen-bond donors (Lipinski definition) is 0. The van der Waals surface area contributed by atoms with Crippen molar-refractivity contribution in [2.45, 2.75) is 27.7 Å². The number of benzene rings is 3. The topological polar surface area (TPSA) is 0 Å². The molecule has 170 valence electrons. The third-order valence-electron chi connectivity index (χ3n) is 5.29. The minimum absolute atomic E-state index is 0. The number of hydrogen-bond acceptors (Lipinski definition) is 0. The molecule has 0 aromatic heterocycles. The fourth-order valence-electron chi connectivity index (χ4n) is 3.51. The molecule has 0 aliphatic heterocycles. The molecule has 0 fully saturated rings. The van der Waals surface area contributed by atoms with E-state index in [-0.39, 0.29) is 24.8 Å². The molecule has 0 amide bonds. The van der Waals surface area contributed by atoms with Gasteiger partial charge < -0.3 is 24.8 Å². The summed E-state index contributed by atoms with van der Waals surface area (Å²) in [5, 5.41) is 5.39. The average molecular weight is 553 g/mol. The van der Waals surface area contributed by atoms with E-state index in [0.717, 1.165) is 0 Å². The molecule has 1 atom stereocenters. The molecule has 0 radical (unpaired) electrons. The number of allylic oxidation sites excluding steroid dienone is 4. The van der Waals surface area contributed by atoms with Crippen molar-refractivity contribution in [3.63, 3.8) is 0 Å². The first-order chi connectivity index (χ1) is 14.9. The molecule has 1 aliphatic carbocycles. The fourth-order valence-corrected chi connectivity index (χ4v) is 3.98. The monoisotopic (exact) mass is 550 g/mol. The van der Waals surface area contributed by atoms with Crippen LogP contribution < -0.4 is 24.8 Å². The molecule has 0 heterocycles. The van der Waals surface area contributed by atoms with Gasteiger partial charge in [0.2, 0.25) is 0 Å². The first-order valence-electron chi connectivity index (χ1n) is 10.8. The molecule has 0 saturated carbocycles. The summed E-state index contributed by atoms with van der Waals surface area (Å²) in [7, 11) is 0. The molecule has 3 heteroatoms. The summed E-state index contributed by atoms with van der Waals surface area (Å²) in [6.45, 7) is 8.86. The average Bonchev–Trinajstić information content (AvgIpc) is 3.39. The van der Waals surface area contributed by atoms with E-state index in [2.05, 4.69) is 128 Å². The van der Waals surface area contributed by atoms with Crippen molar-refractivity contribution in [3.05, 3.63) is 114 Å². The standard InChI is InChI=1S/C13H9.C10H15.C7H6.2ClH.Zr/c1-3-7-12-10(5-1)9-11-6-2-4-8-13(11)12;1-8-5-6-9(7-8)10(2,3)4;1-7-5-3-2-4-6-7;;;/h1-9H;6-8H,1-4H3;1-6H;2*1H;/q2*-1;;;;+2/p-2. The van der Waals surface area contributed by atoms with E-state index in [1.54, 1.807) is 0 Å². The fraction of sp³-hybridized carbons (Fsp3) is 0.200. The van der Waals surface area contributed by atoms with Gasteiger partial charge in [-0.25, -0.2) is 6.08 Å². The molecule has 4 aromatic carbocycles. The second-order valence-electron chi connectivity index (χ2n) is 8.85. The van der Waals surface area contributed by atoms with Gasteiger partial charge in [0.05, 0.1) is 0 Å². The Bertz CT molecular complexity index is 1140. The predicted molar refractivity (Wildman–Crippen MR) is 133 cm³/mol. The molecule has 0 bridgehead atoms. The van der Waals surface area contributed by atoms with Crippen LogP contribution in [0.5, 0.6) is 0 Å². The van der Waals surface area contributed by atoms with Crippen molar-refractivity contribution in [2.24, 2.45) is 11.3 Å². The van der Waals surface area contributed by atoms with Gasteiger partial charge in [0.25, 0.3) is 0 Å². The Labute approximate surface area is 226 Å². The molecular weight excluding hydrogens is 522 g/mol. The normalized spacial score (nSPS) is 14.1. The van der Waals surface area contributed by atoms with E-state index in [1.165, 1.54) is 56.9 Å². The van der Waals surface area contributed by atoms with E-state index in [1.807, 2.05) is 6.07 Å². The Kier molecular flexibility index (Phi) is 12.4. The number of fused-ring (bicyclic) bond motifs is 3. The van der Waals surface area contributed by atoms with Crippen LogP contribution in [-0.4, -0.2) is 3.71 Å². The molecule has 0 spiro atoms. The summed E-state index contributed by atoms with van der Waals surface area (Å²) >= 11 is 1.46. The zero-order chi connectivity index (χ0) is 22.3. The first kappa shape index (κ1) is 29.4. The zero-order valence-electron chi connectivity index (χ0n) is 19.6. The van der Waals surface area contributed by atoms with E-state index in [9.17, 15) is 0 Å². The van der Waals surface area contributed by atoms with Gasteiger partial charge >= 0.3 is 63.8 Å². The predicted octanol–water partition coefficient (Wildman–Crippen LogP) is 2.07. The first-order valence-corrected chi connectivity index (χ1v) is 12.2. The summed E-state index contributed by atoms with van der Waals surface area (Å²) < 4.78 is 2.17. The van der Waals surface area contributed by atoms with Crippen molar-refractivity contribution in [2.75, 3.05) is 0 Å². The van der Waals surface area contributed by atoms with Gasteiger partial charge in [0.1, 0.15) is 0 Å². The number of halogens is 2. The Morgan fingerprint density at radius 3 is 1.64 bits per heavy atom. The summed E-state index contributed by atoms with van der Waals surface area (Å²) in [5.74, 6) is 0.522. The van der Waals surface area contributed by atoms with Gasteiger partial charge in [-0.3, -0.25) is 6.08 Å². The van der Waals surface area contributed by atoms with Crippen LogP contribution in [0.15, 0.2) is 103 Å². The molecule has 5 rings (SSSR count). The Balaban J connectivity index is 0.000000248. The van der Waals surface area contributed by atoms with E-state index >= 15 is 0 Å². The van der Waals surface area contributed by atoms with Gasteiger partial charge in [-0.1, -0.05) is 75.4 Å². The molecule has 0 N–H and O–H groups in total. The van der Waals surface area contributed by atoms with Gasteiger partial charge in [-0.15, -0.1) is 39.7 Å². The minimum Gasteiger partial charge on any atom is -0.126 e. The Morgan fingerprint density at radius 2 is 1.27 bits per heavy atom. The van der Waals surface area contributed by atoms with E-state index < -0.39 is 0 Å². The SMILES string of the molecule is CC1[C-]=CC(C(C)(C)C)=C1.[Cl-].[Cl-].[Zr+2]=[CH]c1ccccc1.c1ccc2c(c1)[cH-]c1ccccc12. The van der Waals surface area contributed by atoms with Gasteiger partial charge in [0.15, 0.2) is 0 Å². The zero-order valence-corrected chi connectivity index (χ0v) is 23.6. The summed E-state index contributed by atoms with van der Waals surface area (Å²) in [6.07, 6.45) is 7.65. The van der Waals surface area contributed by atoms with Crippen LogP contribution in [0, 0.1) is 17.4 Å². The van der Waals surface area contributed by atoms with E-state index in [0.29, 0.717) is 11.3 Å². The van der Waals surface area contributed by atoms with Crippen molar-refractivity contribution in [1.29, 1.82) is 0 Å². The van der Waals surface area contributed by atoms with Crippen LogP contribution in [0.2, 0.25) is 0 Å². The quantitative estimate of drug-likeness (QED) is 0.318. The largest absolute Gasteiger partial charge is 0.126 e. The maximum absolute atomic E-state index is 3.26. The smallest absolute Gasteiger partial charge is 0.0771 e. The van der Waals surface area contributed by atoms with Crippen LogP contribution in [0.3, 0.4) is 0 Å². The van der Waals surface area contributed by atoms with Crippen molar-refractivity contribution < 1.29 is 49.0 Å². The van der Waals surface area contributed by atoms with Crippen LogP contribution in [-0.2, 0) is 24.2 Å². The minimum atomic E-state index is 0. The molecule has 0 nitrogen and oxygen atoms in total. The van der Waals surface area contributed by atoms with Crippen LogP contribution in [0.1, 0.15) is 33.3 Å². The van der Waals surface area contributed by atoms with Gasteiger partial charge in [-0.05, 0) is 0 Å². The second kappa shape index (κ2) is 13.9. The summed E-state index contributed by atoms with van der Waals surface area (Å²) in [5.41, 5.74) is 3.04. The van der Waals surface area contributed by atoms with Gasteiger partial charge in [-0.2, -0.15) is 11.6 Å². The van der Waals surface area contributed by atoms with Crippen LogP contribution in [0.4, 0.5) is 0 Å². The van der Waals surface area contributed by atoms with Gasteiger partial charge in [0, 0.05) is 0 Å². The molecule has 1 unspecified atom stereocenters. The maximum Gasteiger partial charge on any atom is -0.0771 e. The third kappa shape index (κ3) is 8.57. The van der Waals surface area contributed by atoms with E-state index in [4.69, 9.17) is 0 Å². The van der Waals surface area contributed by atoms with Crippen molar-refractivity contribution >= 4 is 25.3 Å². The molecule has 1 aliphatic rings. The van der Waals surface area contributed by atoms with Crippen LogP contribution >= 0.6 is 0 Å². The third-order valence-corrected chi connectivity index (χ3v) is 6.11. The number of rotatable bonds is 1. The second-order valence-corrected chi connectivity index (χ2v) is 9.56. The van der Waals surface area contributed by atoms with Crippen molar-refractivity contribution in [1.82, 2.24) is 0 Å². The van der Waals surface area contributed by atoms with Crippen LogP contribution in [0.25, 0.3) is 21.5 Å². The Morgan fingerprint density at radius 1 is 0.788 bits per heavy atom. The molecular formula is C30H30Cl2Zr-2.